The van der Waals surface area contributed by atoms with Gasteiger partial charge in [-0.1, -0.05) is 19.1 Å². The van der Waals surface area contributed by atoms with Crippen molar-refractivity contribution in [2.24, 2.45) is 0 Å². The largest absolute Gasteiger partial charge is 0.311 e. The molecule has 1 saturated heterocycles. The van der Waals surface area contributed by atoms with Crippen LogP contribution in [-0.2, 0) is 6.42 Å². The van der Waals surface area contributed by atoms with E-state index in [1.807, 2.05) is 6.07 Å². The summed E-state index contributed by atoms with van der Waals surface area (Å²) < 4.78 is 13.2. The summed E-state index contributed by atoms with van der Waals surface area (Å²) in [6, 6.07) is 7.96. The molecule has 0 radical (unpaired) electrons. The standard InChI is InChI=1S/C17H27FN2/c1-3-9-20-10-7-17(8-11-20)19-14(2)12-15-5-4-6-16(18)13-15/h4-6,13-14,17,19H,3,7-12H2,1-2H3. The number of nitrogens with one attached hydrogen (secondary N) is 1. The third kappa shape index (κ3) is 4.88. The maximum atomic E-state index is 13.2. The van der Waals surface area contributed by atoms with Gasteiger partial charge in [-0.25, -0.2) is 4.39 Å². The molecule has 1 N–H and O–H groups in total. The Balaban J connectivity index is 1.74. The fraction of sp³-hybridized carbons (Fsp3) is 0.647. The van der Waals surface area contributed by atoms with Crippen molar-refractivity contribution in [2.75, 3.05) is 19.6 Å². The first-order chi connectivity index (χ1) is 9.67. The Hall–Kier alpha value is -0.930. The van der Waals surface area contributed by atoms with Crippen molar-refractivity contribution in [1.82, 2.24) is 10.2 Å². The van der Waals surface area contributed by atoms with Crippen molar-refractivity contribution in [3.63, 3.8) is 0 Å². The molecule has 0 spiro atoms. The van der Waals surface area contributed by atoms with Gasteiger partial charge < -0.3 is 10.2 Å². The summed E-state index contributed by atoms with van der Waals surface area (Å²) in [4.78, 5) is 2.55. The van der Waals surface area contributed by atoms with E-state index >= 15 is 0 Å². The lowest BCUT2D eigenvalue weighted by Gasteiger charge is -2.33. The minimum Gasteiger partial charge on any atom is -0.311 e. The summed E-state index contributed by atoms with van der Waals surface area (Å²) in [6.45, 7) is 8.08. The van der Waals surface area contributed by atoms with Crippen molar-refractivity contribution in [3.8, 4) is 0 Å². The average Bonchev–Trinajstić information content (AvgIpc) is 2.41. The summed E-state index contributed by atoms with van der Waals surface area (Å²) in [6.07, 6.45) is 4.60. The van der Waals surface area contributed by atoms with Gasteiger partial charge in [0.05, 0.1) is 0 Å². The van der Waals surface area contributed by atoms with E-state index in [0.717, 1.165) is 12.0 Å². The molecule has 3 heteroatoms. The van der Waals surface area contributed by atoms with Crippen molar-refractivity contribution in [1.29, 1.82) is 0 Å². The molecule has 1 atom stereocenters. The number of benzene rings is 1. The minimum absolute atomic E-state index is 0.137. The Bertz CT molecular complexity index is 400. The zero-order valence-electron chi connectivity index (χ0n) is 12.7. The van der Waals surface area contributed by atoms with Gasteiger partial charge in [0.1, 0.15) is 5.82 Å². The topological polar surface area (TPSA) is 15.3 Å². The third-order valence-corrected chi connectivity index (χ3v) is 4.08. The fourth-order valence-corrected chi connectivity index (χ4v) is 3.12. The molecule has 0 saturated carbocycles. The number of piperidine rings is 1. The van der Waals surface area contributed by atoms with Crippen LogP contribution >= 0.6 is 0 Å². The van der Waals surface area contributed by atoms with Gasteiger partial charge in [0.15, 0.2) is 0 Å². The van der Waals surface area contributed by atoms with E-state index in [1.165, 1.54) is 45.0 Å². The van der Waals surface area contributed by atoms with Gasteiger partial charge in [0.25, 0.3) is 0 Å². The Morgan fingerprint density at radius 2 is 2.10 bits per heavy atom. The van der Waals surface area contributed by atoms with Crippen LogP contribution in [0.25, 0.3) is 0 Å². The first kappa shape index (κ1) is 15.5. The number of hydrogen-bond acceptors (Lipinski definition) is 2. The van der Waals surface area contributed by atoms with Crippen molar-refractivity contribution >= 4 is 0 Å². The second-order valence-corrected chi connectivity index (χ2v) is 6.02. The molecule has 2 nitrogen and oxygen atoms in total. The van der Waals surface area contributed by atoms with Crippen LogP contribution < -0.4 is 5.32 Å². The van der Waals surface area contributed by atoms with E-state index in [2.05, 4.69) is 24.1 Å². The molecule has 0 aliphatic carbocycles. The lowest BCUT2D eigenvalue weighted by molar-refractivity contribution is 0.192. The predicted molar refractivity (Wildman–Crippen MR) is 82.5 cm³/mol. The first-order valence-corrected chi connectivity index (χ1v) is 7.90. The second-order valence-electron chi connectivity index (χ2n) is 6.02. The minimum atomic E-state index is -0.137. The fourth-order valence-electron chi connectivity index (χ4n) is 3.12. The van der Waals surface area contributed by atoms with Gasteiger partial charge in [0, 0.05) is 12.1 Å². The molecular weight excluding hydrogens is 251 g/mol. The third-order valence-electron chi connectivity index (χ3n) is 4.08. The monoisotopic (exact) mass is 278 g/mol. The number of halogens is 1. The molecule has 1 heterocycles. The molecule has 1 aromatic rings. The molecule has 2 rings (SSSR count). The second kappa shape index (κ2) is 7.75. The summed E-state index contributed by atoms with van der Waals surface area (Å²) in [5.74, 6) is -0.137. The summed E-state index contributed by atoms with van der Waals surface area (Å²) >= 11 is 0. The SMILES string of the molecule is CCCN1CCC(NC(C)Cc2cccc(F)c2)CC1. The number of rotatable bonds is 6. The number of hydrogen-bond donors (Lipinski definition) is 1. The maximum Gasteiger partial charge on any atom is 0.123 e. The Morgan fingerprint density at radius 1 is 1.35 bits per heavy atom. The molecule has 1 fully saturated rings. The lowest BCUT2D eigenvalue weighted by atomic mass is 10.0. The molecule has 0 aromatic heterocycles. The van der Waals surface area contributed by atoms with E-state index in [0.29, 0.717) is 12.1 Å². The molecule has 1 aromatic carbocycles. The van der Waals surface area contributed by atoms with Crippen LogP contribution in [-0.4, -0.2) is 36.6 Å². The molecular formula is C17H27FN2. The van der Waals surface area contributed by atoms with Gasteiger partial charge in [-0.15, -0.1) is 0 Å². The van der Waals surface area contributed by atoms with Crippen LogP contribution in [0.2, 0.25) is 0 Å². The Morgan fingerprint density at radius 3 is 2.75 bits per heavy atom. The normalized spacial score (nSPS) is 19.1. The van der Waals surface area contributed by atoms with Gasteiger partial charge in [-0.3, -0.25) is 0 Å². The van der Waals surface area contributed by atoms with E-state index in [1.54, 1.807) is 12.1 Å². The highest BCUT2D eigenvalue weighted by Crippen LogP contribution is 2.13. The van der Waals surface area contributed by atoms with Gasteiger partial charge in [-0.2, -0.15) is 0 Å². The quantitative estimate of drug-likeness (QED) is 0.859. The highest BCUT2D eigenvalue weighted by molar-refractivity contribution is 5.17. The van der Waals surface area contributed by atoms with Gasteiger partial charge >= 0.3 is 0 Å². The molecule has 0 amide bonds. The zero-order valence-corrected chi connectivity index (χ0v) is 12.7. The highest BCUT2D eigenvalue weighted by atomic mass is 19.1. The van der Waals surface area contributed by atoms with Crippen LogP contribution in [0.4, 0.5) is 4.39 Å². The van der Waals surface area contributed by atoms with Crippen LogP contribution in [0, 0.1) is 5.82 Å². The highest BCUT2D eigenvalue weighted by Gasteiger charge is 2.19. The van der Waals surface area contributed by atoms with Gasteiger partial charge in [0.2, 0.25) is 0 Å². The summed E-state index contributed by atoms with van der Waals surface area (Å²) in [5, 5.41) is 3.70. The van der Waals surface area contributed by atoms with Crippen LogP contribution in [0.3, 0.4) is 0 Å². The molecule has 112 valence electrons. The molecule has 1 aliphatic heterocycles. The van der Waals surface area contributed by atoms with E-state index < -0.39 is 0 Å². The maximum absolute atomic E-state index is 13.2. The Kier molecular flexibility index (Phi) is 5.99. The summed E-state index contributed by atoms with van der Waals surface area (Å²) in [7, 11) is 0. The molecule has 20 heavy (non-hydrogen) atoms. The predicted octanol–water partition coefficient (Wildman–Crippen LogP) is 3.22. The Labute approximate surface area is 122 Å². The number of likely N-dealkylation sites (tertiary alicyclic amines) is 1. The van der Waals surface area contributed by atoms with Crippen LogP contribution in [0.5, 0.6) is 0 Å². The van der Waals surface area contributed by atoms with E-state index in [9.17, 15) is 4.39 Å². The smallest absolute Gasteiger partial charge is 0.123 e. The average molecular weight is 278 g/mol. The molecule has 1 aliphatic rings. The van der Waals surface area contributed by atoms with Crippen molar-refractivity contribution in [2.45, 2.75) is 51.6 Å². The zero-order chi connectivity index (χ0) is 14.4. The molecule has 1 unspecified atom stereocenters. The van der Waals surface area contributed by atoms with E-state index in [-0.39, 0.29) is 5.82 Å². The lowest BCUT2D eigenvalue weighted by Crippen LogP contribution is -2.46. The first-order valence-electron chi connectivity index (χ1n) is 7.90. The number of nitrogens with zero attached hydrogens (tertiary/aromatic N) is 1. The van der Waals surface area contributed by atoms with Crippen molar-refractivity contribution < 1.29 is 4.39 Å². The van der Waals surface area contributed by atoms with Crippen LogP contribution in [0.1, 0.15) is 38.7 Å². The van der Waals surface area contributed by atoms with Crippen LogP contribution in [0.15, 0.2) is 24.3 Å². The van der Waals surface area contributed by atoms with Gasteiger partial charge in [-0.05, 0) is 69.9 Å². The van der Waals surface area contributed by atoms with Crippen molar-refractivity contribution in [3.05, 3.63) is 35.6 Å². The molecule has 0 bridgehead atoms. The summed E-state index contributed by atoms with van der Waals surface area (Å²) in [5.41, 5.74) is 1.08. The van der Waals surface area contributed by atoms with E-state index in [4.69, 9.17) is 0 Å².